The van der Waals surface area contributed by atoms with Gasteiger partial charge >= 0.3 is 11.4 Å². The Labute approximate surface area is 304 Å². The Morgan fingerprint density at radius 2 is 1.77 bits per heavy atom. The molecule has 1 saturated carbocycles. The Balaban J connectivity index is 1.20. The Morgan fingerprint density at radius 1 is 1.00 bits per heavy atom. The van der Waals surface area contributed by atoms with E-state index in [1.165, 1.54) is 37.5 Å². The second-order valence-electron chi connectivity index (χ2n) is 13.8. The number of rotatable bonds is 4. The molecule has 4 unspecified atom stereocenters. The number of para-hydroxylation sites is 2. The number of hydrogen-bond donors (Lipinski definition) is 1. The minimum absolute atomic E-state index is 0.00895. The maximum atomic E-state index is 15.1. The van der Waals surface area contributed by atoms with Gasteiger partial charge in [0.2, 0.25) is 11.8 Å². The molecule has 5 heterocycles. The van der Waals surface area contributed by atoms with Crippen LogP contribution < -0.4 is 16.3 Å². The zero-order valence-corrected chi connectivity index (χ0v) is 29.7. The summed E-state index contributed by atoms with van der Waals surface area (Å²) in [5.74, 6) is -4.38. The first-order valence-electron chi connectivity index (χ1n) is 16.7. The molecule has 3 aromatic carbocycles. The van der Waals surface area contributed by atoms with Crippen LogP contribution in [0.2, 0.25) is 5.02 Å². The van der Waals surface area contributed by atoms with Crippen molar-refractivity contribution in [2.75, 3.05) is 4.90 Å². The van der Waals surface area contributed by atoms with Crippen LogP contribution in [0.5, 0.6) is 5.75 Å². The fourth-order valence-electron chi connectivity index (χ4n) is 8.62. The van der Waals surface area contributed by atoms with Crippen LogP contribution in [0.25, 0.3) is 26.3 Å². The third-order valence-corrected chi connectivity index (χ3v) is 12.6. The van der Waals surface area contributed by atoms with Crippen LogP contribution in [0.1, 0.15) is 36.4 Å². The topological polar surface area (TPSA) is 124 Å². The van der Waals surface area contributed by atoms with Crippen LogP contribution in [0.15, 0.2) is 94.0 Å². The molecule has 14 heteroatoms. The van der Waals surface area contributed by atoms with Crippen LogP contribution in [-0.4, -0.2) is 40.6 Å². The van der Waals surface area contributed by atoms with Gasteiger partial charge in [-0.15, -0.1) is 11.3 Å². The third-order valence-electron chi connectivity index (χ3n) is 11.1. The molecule has 11 nitrogen and oxygen atoms in total. The number of carbonyl (C=O) groups excluding carboxylic acids is 2. The van der Waals surface area contributed by atoms with Gasteiger partial charge in [0.1, 0.15) is 11.5 Å². The van der Waals surface area contributed by atoms with Crippen molar-refractivity contribution in [3.63, 3.8) is 0 Å². The number of imide groups is 1. The number of carbonyl (C=O) groups is 2. The number of halogens is 2. The molecular formula is C38H30ClFN6O5S. The molecule has 52 heavy (non-hydrogen) atoms. The highest BCUT2D eigenvalue weighted by Gasteiger charge is 2.66. The number of aromatic hydroxyl groups is 1. The Kier molecular flexibility index (Phi) is 7.00. The number of phenolic OH excluding ortho intramolecular Hbond substituents is 1. The van der Waals surface area contributed by atoms with Crippen LogP contribution in [0.3, 0.4) is 0 Å². The maximum Gasteiger partial charge on any atom is 0.352 e. The predicted molar refractivity (Wildman–Crippen MR) is 195 cm³/mol. The smallest absolute Gasteiger partial charge is 0.352 e. The maximum absolute atomic E-state index is 15.1. The van der Waals surface area contributed by atoms with E-state index in [0.717, 1.165) is 36.1 Å². The number of allylic oxidation sites excluding steroid dienone is 2. The van der Waals surface area contributed by atoms with Crippen LogP contribution in [0.4, 0.5) is 10.2 Å². The number of hydrogen-bond acceptors (Lipinski definition) is 7. The van der Waals surface area contributed by atoms with Gasteiger partial charge in [-0.1, -0.05) is 48.0 Å². The summed E-state index contributed by atoms with van der Waals surface area (Å²) in [7, 11) is 1.66. The number of thiophene rings is 1. The number of benzene rings is 3. The van der Waals surface area contributed by atoms with Crippen molar-refractivity contribution < 1.29 is 19.1 Å². The summed E-state index contributed by atoms with van der Waals surface area (Å²) in [5.41, 5.74) is -0.0963. The highest BCUT2D eigenvalue weighted by molar-refractivity contribution is 7.22. The summed E-state index contributed by atoms with van der Waals surface area (Å²) in [6.07, 6.45) is 1.77. The lowest BCUT2D eigenvalue weighted by atomic mass is 9.56. The molecule has 262 valence electrons. The minimum atomic E-state index is -1.51. The molecule has 2 amide bonds. The van der Waals surface area contributed by atoms with Gasteiger partial charge < -0.3 is 5.11 Å². The minimum Gasteiger partial charge on any atom is -0.505 e. The monoisotopic (exact) mass is 736 g/mol. The summed E-state index contributed by atoms with van der Waals surface area (Å²) < 4.78 is 21.3. The van der Waals surface area contributed by atoms with Crippen molar-refractivity contribution in [2.45, 2.75) is 38.8 Å². The zero-order valence-electron chi connectivity index (χ0n) is 28.1. The van der Waals surface area contributed by atoms with E-state index in [4.69, 9.17) is 16.7 Å². The molecule has 6 aromatic rings. The summed E-state index contributed by atoms with van der Waals surface area (Å²) in [6, 6.07) is 19.1. The lowest BCUT2D eigenvalue weighted by Gasteiger charge is -2.47. The molecule has 0 spiro atoms. The zero-order chi connectivity index (χ0) is 36.4. The van der Waals surface area contributed by atoms with Crippen molar-refractivity contribution in [3.8, 4) is 22.0 Å². The fourth-order valence-corrected chi connectivity index (χ4v) is 9.94. The molecule has 0 radical (unpaired) electrons. The van der Waals surface area contributed by atoms with E-state index >= 15 is 4.39 Å². The van der Waals surface area contributed by atoms with Gasteiger partial charge in [-0.05, 0) is 73.2 Å². The highest BCUT2D eigenvalue weighted by Crippen LogP contribution is 2.62. The number of nitrogens with zero attached hydrogens (tertiary/aromatic N) is 6. The van der Waals surface area contributed by atoms with Gasteiger partial charge in [0.25, 0.3) is 0 Å². The molecule has 4 atom stereocenters. The molecular weight excluding hydrogens is 707 g/mol. The second-order valence-corrected chi connectivity index (χ2v) is 15.2. The normalized spacial score (nSPS) is 22.4. The van der Waals surface area contributed by atoms with Crippen molar-refractivity contribution in [3.05, 3.63) is 127 Å². The average molecular weight is 737 g/mol. The predicted octanol–water partition coefficient (Wildman–Crippen LogP) is 6.09. The van der Waals surface area contributed by atoms with Crippen molar-refractivity contribution in [1.29, 1.82) is 0 Å². The summed E-state index contributed by atoms with van der Waals surface area (Å²) >= 11 is 7.81. The van der Waals surface area contributed by atoms with Crippen molar-refractivity contribution in [1.82, 2.24) is 23.7 Å². The van der Waals surface area contributed by atoms with Crippen molar-refractivity contribution in [2.24, 2.45) is 18.4 Å². The summed E-state index contributed by atoms with van der Waals surface area (Å²) in [5, 5.41) is 17.5. The molecule has 1 N–H and O–H groups in total. The van der Waals surface area contributed by atoms with E-state index in [2.05, 4.69) is 0 Å². The van der Waals surface area contributed by atoms with E-state index in [-0.39, 0.29) is 24.3 Å². The second kappa shape index (κ2) is 11.2. The van der Waals surface area contributed by atoms with E-state index < -0.39 is 58.1 Å². The molecule has 3 aliphatic rings. The number of fused-ring (bicyclic) bond motifs is 5. The van der Waals surface area contributed by atoms with E-state index in [9.17, 15) is 24.3 Å². The molecule has 1 saturated heterocycles. The van der Waals surface area contributed by atoms with E-state index in [1.54, 1.807) is 56.4 Å². The Bertz CT molecular complexity index is 2690. The SMILES string of the molecule is Cc1c(-c2cc(N3C(=O)C4CC5C(=CCn6c(=O)n(-c7ccccc7)c(=O)n65)C(c5cccc(F)c5O)C4(C)C3=O)n(C)n2)sc2ccc(Cl)cc12. The largest absolute Gasteiger partial charge is 0.505 e. The van der Waals surface area contributed by atoms with Crippen LogP contribution in [0, 0.1) is 24.1 Å². The number of aryl methyl sites for hydroxylation is 2. The first-order chi connectivity index (χ1) is 24.9. The van der Waals surface area contributed by atoms with Gasteiger partial charge in [-0.25, -0.2) is 32.8 Å². The molecule has 2 fully saturated rings. The molecule has 9 rings (SSSR count). The van der Waals surface area contributed by atoms with Gasteiger partial charge in [0.15, 0.2) is 11.6 Å². The fraction of sp³-hybridized carbons (Fsp3) is 0.237. The molecule has 3 aromatic heterocycles. The first kappa shape index (κ1) is 32.4. The molecule has 0 bridgehead atoms. The van der Waals surface area contributed by atoms with Gasteiger partial charge in [-0.2, -0.15) is 5.10 Å². The van der Waals surface area contributed by atoms with Gasteiger partial charge in [0.05, 0.1) is 34.5 Å². The Hall–Kier alpha value is -5.53. The Morgan fingerprint density at radius 3 is 2.54 bits per heavy atom. The van der Waals surface area contributed by atoms with E-state index in [1.807, 2.05) is 25.1 Å². The number of amides is 2. The van der Waals surface area contributed by atoms with Crippen LogP contribution >= 0.6 is 22.9 Å². The average Bonchev–Trinajstić information content (AvgIpc) is 3.80. The standard InChI is InChI=1S/C38H30ClFN6O5S/c1-19-24-16-20(39)12-13-29(24)52-33(19)27-18-30(42(3)41-27)45-34(48)25-17-28-22(31(38(25,2)35(45)49)23-10-7-11-26(40)32(23)47)14-15-43-36(50)44(37(51)46(28)43)21-8-5-4-6-9-21/h4-14,16,18,25,28,31,47H,15,17H2,1-3H3. The summed E-state index contributed by atoms with van der Waals surface area (Å²) in [6.45, 7) is 3.63. The molecule has 1 aliphatic carbocycles. The van der Waals surface area contributed by atoms with Crippen molar-refractivity contribution >= 4 is 50.7 Å². The number of phenols is 1. The van der Waals surface area contributed by atoms with Gasteiger partial charge in [-0.3, -0.25) is 14.3 Å². The lowest BCUT2D eigenvalue weighted by Crippen LogP contribution is -2.49. The first-order valence-corrected chi connectivity index (χ1v) is 17.9. The van der Waals surface area contributed by atoms with Gasteiger partial charge in [0, 0.05) is 34.3 Å². The highest BCUT2D eigenvalue weighted by atomic mass is 35.5. The number of anilines is 1. The van der Waals surface area contributed by atoms with E-state index in [0.29, 0.717) is 22.0 Å². The van der Waals surface area contributed by atoms with Crippen LogP contribution in [-0.2, 0) is 23.2 Å². The number of aromatic nitrogens is 5. The molecule has 2 aliphatic heterocycles. The summed E-state index contributed by atoms with van der Waals surface area (Å²) in [4.78, 5) is 59.5. The quantitative estimate of drug-likeness (QED) is 0.173. The third kappa shape index (κ3) is 4.26. The lowest BCUT2D eigenvalue weighted by molar-refractivity contribution is -0.129.